The Morgan fingerprint density at radius 2 is 1.78 bits per heavy atom. The number of nitrogens with zero attached hydrogens (tertiary/aromatic N) is 1. The Labute approximate surface area is 109 Å². The Hall–Kier alpha value is -1.81. The van der Waals surface area contributed by atoms with Crippen molar-refractivity contribution in [2.45, 2.75) is 13.3 Å². The van der Waals surface area contributed by atoms with Gasteiger partial charge in [0.25, 0.3) is 11.8 Å². The van der Waals surface area contributed by atoms with Crippen LogP contribution in [-0.4, -0.2) is 28.4 Å². The predicted molar refractivity (Wildman–Crippen MR) is 68.0 cm³/mol. The third-order valence-electron chi connectivity index (χ3n) is 2.72. The fourth-order valence-corrected chi connectivity index (χ4v) is 1.99. The topological polar surface area (TPSA) is 57.6 Å². The molecule has 1 aromatic rings. The molecule has 4 nitrogen and oxygen atoms in total. The van der Waals surface area contributed by atoms with E-state index in [-0.39, 0.29) is 5.57 Å². The van der Waals surface area contributed by atoms with Gasteiger partial charge in [-0.2, -0.15) is 0 Å². The van der Waals surface area contributed by atoms with Gasteiger partial charge in [-0.1, -0.05) is 30.7 Å². The summed E-state index contributed by atoms with van der Waals surface area (Å²) < 4.78 is 0. The molecule has 94 valence electrons. The highest BCUT2D eigenvalue weighted by atomic mass is 35.5. The number of imide groups is 1. The molecule has 1 aliphatic rings. The smallest absolute Gasteiger partial charge is 0.296 e. The van der Waals surface area contributed by atoms with Crippen molar-refractivity contribution in [3.05, 3.63) is 40.6 Å². The highest BCUT2D eigenvalue weighted by Crippen LogP contribution is 2.28. The number of rotatable bonds is 3. The molecule has 18 heavy (non-hydrogen) atoms. The van der Waals surface area contributed by atoms with Gasteiger partial charge in [-0.25, -0.2) is 0 Å². The summed E-state index contributed by atoms with van der Waals surface area (Å²) in [5.41, 5.74) is 0.541. The van der Waals surface area contributed by atoms with Crippen LogP contribution in [0.5, 0.6) is 0 Å². The molecule has 2 amide bonds. The molecule has 1 heterocycles. The summed E-state index contributed by atoms with van der Waals surface area (Å²) in [6, 6.07) is 6.43. The number of carbonyl (C=O) groups excluding carboxylic acids is 2. The number of benzene rings is 1. The van der Waals surface area contributed by atoms with Crippen molar-refractivity contribution in [3.63, 3.8) is 0 Å². The van der Waals surface area contributed by atoms with Crippen LogP contribution in [0.4, 0.5) is 0 Å². The van der Waals surface area contributed by atoms with Crippen LogP contribution < -0.4 is 0 Å². The van der Waals surface area contributed by atoms with Crippen molar-refractivity contribution >= 4 is 29.0 Å². The highest BCUT2D eigenvalue weighted by molar-refractivity contribution is 6.35. The number of carbonyl (C=O) groups is 2. The molecule has 0 unspecified atom stereocenters. The molecule has 1 aliphatic heterocycles. The third-order valence-corrected chi connectivity index (χ3v) is 2.98. The lowest BCUT2D eigenvalue weighted by Crippen LogP contribution is -2.32. The first-order valence-corrected chi connectivity index (χ1v) is 5.99. The van der Waals surface area contributed by atoms with Crippen LogP contribution in [0.1, 0.15) is 18.9 Å². The van der Waals surface area contributed by atoms with Crippen molar-refractivity contribution in [3.8, 4) is 0 Å². The number of halogens is 1. The van der Waals surface area contributed by atoms with E-state index in [1.54, 1.807) is 24.3 Å². The maximum atomic E-state index is 12.1. The summed E-state index contributed by atoms with van der Waals surface area (Å²) >= 11 is 5.76. The van der Waals surface area contributed by atoms with Crippen molar-refractivity contribution < 1.29 is 14.7 Å². The number of aliphatic hydroxyl groups excluding tert-OH is 1. The second-order valence-electron chi connectivity index (χ2n) is 3.99. The van der Waals surface area contributed by atoms with E-state index in [4.69, 9.17) is 11.6 Å². The van der Waals surface area contributed by atoms with Crippen LogP contribution in [0.2, 0.25) is 5.02 Å². The van der Waals surface area contributed by atoms with Crippen molar-refractivity contribution in [2.24, 2.45) is 0 Å². The quantitative estimate of drug-likeness (QED) is 0.854. The molecule has 0 radical (unpaired) electrons. The second-order valence-corrected chi connectivity index (χ2v) is 4.43. The molecule has 0 saturated carbocycles. The Balaban J connectivity index is 2.41. The van der Waals surface area contributed by atoms with Crippen LogP contribution in [0.3, 0.4) is 0 Å². The lowest BCUT2D eigenvalue weighted by atomic mass is 10.1. The van der Waals surface area contributed by atoms with E-state index in [0.29, 0.717) is 23.6 Å². The first-order chi connectivity index (χ1) is 8.56. The molecule has 0 saturated heterocycles. The van der Waals surface area contributed by atoms with E-state index in [9.17, 15) is 14.7 Å². The van der Waals surface area contributed by atoms with E-state index in [2.05, 4.69) is 0 Å². The minimum Gasteiger partial charge on any atom is -0.502 e. The monoisotopic (exact) mass is 265 g/mol. The fourth-order valence-electron chi connectivity index (χ4n) is 1.87. The normalized spacial score (nSPS) is 15.8. The molecule has 0 atom stereocenters. The van der Waals surface area contributed by atoms with E-state index >= 15 is 0 Å². The van der Waals surface area contributed by atoms with Crippen LogP contribution in [0.25, 0.3) is 5.57 Å². The number of amides is 2. The summed E-state index contributed by atoms with van der Waals surface area (Å²) in [4.78, 5) is 24.8. The molecule has 5 heteroatoms. The summed E-state index contributed by atoms with van der Waals surface area (Å²) in [5.74, 6) is -1.58. The maximum Gasteiger partial charge on any atom is 0.296 e. The Morgan fingerprint density at radius 3 is 2.33 bits per heavy atom. The zero-order valence-electron chi connectivity index (χ0n) is 9.81. The summed E-state index contributed by atoms with van der Waals surface area (Å²) in [7, 11) is 0. The van der Waals surface area contributed by atoms with Crippen LogP contribution in [0, 0.1) is 0 Å². The minimum atomic E-state index is -0.633. The second kappa shape index (κ2) is 4.82. The first-order valence-electron chi connectivity index (χ1n) is 5.61. The summed E-state index contributed by atoms with van der Waals surface area (Å²) in [5, 5.41) is 10.3. The van der Waals surface area contributed by atoms with Gasteiger partial charge < -0.3 is 5.11 Å². The van der Waals surface area contributed by atoms with Crippen LogP contribution >= 0.6 is 11.6 Å². The van der Waals surface area contributed by atoms with Crippen LogP contribution in [-0.2, 0) is 9.59 Å². The van der Waals surface area contributed by atoms with Gasteiger partial charge in [0.15, 0.2) is 5.76 Å². The highest BCUT2D eigenvalue weighted by Gasteiger charge is 2.38. The molecule has 0 fully saturated rings. The SMILES string of the molecule is CCCN1C(=O)C(O)=C(c2ccc(Cl)cc2)C1=O. The summed E-state index contributed by atoms with van der Waals surface area (Å²) in [6.45, 7) is 2.16. The molecule has 0 aliphatic carbocycles. The molecule has 0 aromatic heterocycles. The van der Waals surface area contributed by atoms with Crippen molar-refractivity contribution in [1.29, 1.82) is 0 Å². The van der Waals surface area contributed by atoms with Crippen molar-refractivity contribution in [1.82, 2.24) is 4.90 Å². The van der Waals surface area contributed by atoms with Gasteiger partial charge in [0.1, 0.15) is 0 Å². The van der Waals surface area contributed by atoms with E-state index in [0.717, 1.165) is 4.90 Å². The molecule has 0 bridgehead atoms. The number of aliphatic hydroxyl groups is 1. The zero-order valence-corrected chi connectivity index (χ0v) is 10.6. The Kier molecular flexibility index (Phi) is 3.39. The molecule has 0 spiro atoms. The molecular weight excluding hydrogens is 254 g/mol. The van der Waals surface area contributed by atoms with Gasteiger partial charge in [-0.3, -0.25) is 14.5 Å². The summed E-state index contributed by atoms with van der Waals surface area (Å²) in [6.07, 6.45) is 0.651. The molecule has 1 aromatic carbocycles. The lowest BCUT2D eigenvalue weighted by Gasteiger charge is -2.12. The molecule has 1 N–H and O–H groups in total. The number of hydrogen-bond acceptors (Lipinski definition) is 3. The minimum absolute atomic E-state index is 0.0464. The predicted octanol–water partition coefficient (Wildman–Crippen LogP) is 2.39. The standard InChI is InChI=1S/C13H12ClNO3/c1-2-7-15-12(17)10(11(16)13(15)18)8-3-5-9(14)6-4-8/h3-6,16H,2,7H2,1H3. The van der Waals surface area contributed by atoms with Gasteiger partial charge in [0, 0.05) is 11.6 Å². The van der Waals surface area contributed by atoms with Crippen LogP contribution in [0.15, 0.2) is 30.0 Å². The van der Waals surface area contributed by atoms with Gasteiger partial charge in [-0.05, 0) is 24.1 Å². The van der Waals surface area contributed by atoms with Gasteiger partial charge in [0.2, 0.25) is 0 Å². The first kappa shape index (κ1) is 12.6. The van der Waals surface area contributed by atoms with E-state index < -0.39 is 17.6 Å². The number of hydrogen-bond donors (Lipinski definition) is 1. The zero-order chi connectivity index (χ0) is 13.3. The molecule has 2 rings (SSSR count). The third kappa shape index (κ3) is 1.99. The average Bonchev–Trinajstić information content (AvgIpc) is 2.56. The van der Waals surface area contributed by atoms with E-state index in [1.807, 2.05) is 6.92 Å². The van der Waals surface area contributed by atoms with Gasteiger partial charge in [0.05, 0.1) is 5.57 Å². The van der Waals surface area contributed by atoms with Gasteiger partial charge in [-0.15, -0.1) is 0 Å². The maximum absolute atomic E-state index is 12.1. The Bertz CT molecular complexity index is 534. The van der Waals surface area contributed by atoms with E-state index in [1.165, 1.54) is 0 Å². The fraction of sp³-hybridized carbons (Fsp3) is 0.231. The average molecular weight is 266 g/mol. The van der Waals surface area contributed by atoms with Gasteiger partial charge >= 0.3 is 0 Å². The largest absolute Gasteiger partial charge is 0.502 e. The lowest BCUT2D eigenvalue weighted by molar-refractivity contribution is -0.138. The Morgan fingerprint density at radius 1 is 1.17 bits per heavy atom. The van der Waals surface area contributed by atoms with Crippen molar-refractivity contribution in [2.75, 3.05) is 6.54 Å². The molecular formula is C13H12ClNO3.